The van der Waals surface area contributed by atoms with Crippen molar-refractivity contribution in [3.8, 4) is 0 Å². The summed E-state index contributed by atoms with van der Waals surface area (Å²) in [7, 11) is 1.81. The summed E-state index contributed by atoms with van der Waals surface area (Å²) in [6.07, 6.45) is 1.96. The molecule has 2 aliphatic rings. The van der Waals surface area contributed by atoms with Crippen molar-refractivity contribution in [2.24, 2.45) is 0 Å². The van der Waals surface area contributed by atoms with Crippen molar-refractivity contribution in [1.29, 1.82) is 0 Å². The van der Waals surface area contributed by atoms with E-state index < -0.39 is 0 Å². The van der Waals surface area contributed by atoms with Gasteiger partial charge < -0.3 is 9.64 Å². The van der Waals surface area contributed by atoms with Gasteiger partial charge in [-0.15, -0.1) is 0 Å². The van der Waals surface area contributed by atoms with E-state index in [0.29, 0.717) is 6.04 Å². The molecular formula is C11H20N2O2. The van der Waals surface area contributed by atoms with Gasteiger partial charge in [0.2, 0.25) is 0 Å². The number of hydrogen-bond acceptors (Lipinski definition) is 3. The highest BCUT2D eigenvalue weighted by Crippen LogP contribution is 2.31. The molecule has 0 radical (unpaired) electrons. The summed E-state index contributed by atoms with van der Waals surface area (Å²) in [5, 5.41) is 0. The van der Waals surface area contributed by atoms with Gasteiger partial charge in [0.05, 0.1) is 6.54 Å². The molecule has 2 rings (SSSR count). The monoisotopic (exact) mass is 212 g/mol. The van der Waals surface area contributed by atoms with Crippen LogP contribution in [0, 0.1) is 0 Å². The quantitative estimate of drug-likeness (QED) is 0.657. The predicted molar refractivity (Wildman–Crippen MR) is 57.8 cm³/mol. The van der Waals surface area contributed by atoms with E-state index in [2.05, 4.69) is 18.7 Å². The zero-order chi connectivity index (χ0) is 11.1. The van der Waals surface area contributed by atoms with Crippen molar-refractivity contribution in [2.75, 3.05) is 26.7 Å². The third kappa shape index (κ3) is 1.95. The summed E-state index contributed by atoms with van der Waals surface area (Å²) < 4.78 is 5.53. The number of amides is 1. The van der Waals surface area contributed by atoms with Crippen LogP contribution in [0.15, 0.2) is 0 Å². The molecule has 1 amide bonds. The van der Waals surface area contributed by atoms with E-state index in [9.17, 15) is 4.79 Å². The molecule has 0 N–H and O–H groups in total. The smallest absolute Gasteiger partial charge is 0.410 e. The molecule has 1 atom stereocenters. The van der Waals surface area contributed by atoms with Crippen molar-refractivity contribution in [3.63, 3.8) is 0 Å². The van der Waals surface area contributed by atoms with Gasteiger partial charge >= 0.3 is 6.09 Å². The van der Waals surface area contributed by atoms with Gasteiger partial charge in [-0.1, -0.05) is 0 Å². The molecule has 0 aromatic carbocycles. The van der Waals surface area contributed by atoms with E-state index in [1.165, 1.54) is 0 Å². The summed E-state index contributed by atoms with van der Waals surface area (Å²) in [6, 6.07) is 0.534. The molecule has 2 saturated heterocycles. The lowest BCUT2D eigenvalue weighted by atomic mass is 9.92. The molecule has 2 heterocycles. The van der Waals surface area contributed by atoms with Crippen molar-refractivity contribution in [2.45, 2.75) is 38.3 Å². The van der Waals surface area contributed by atoms with Crippen LogP contribution in [0.4, 0.5) is 4.79 Å². The topological polar surface area (TPSA) is 32.8 Å². The lowest BCUT2D eigenvalue weighted by molar-refractivity contribution is -0.0182. The molecule has 1 spiro atoms. The van der Waals surface area contributed by atoms with Crippen LogP contribution in [0.1, 0.15) is 26.7 Å². The fourth-order valence-electron chi connectivity index (χ4n) is 2.58. The summed E-state index contributed by atoms with van der Waals surface area (Å²) >= 11 is 0. The normalized spacial score (nSPS) is 32.8. The molecule has 15 heavy (non-hydrogen) atoms. The van der Waals surface area contributed by atoms with Crippen LogP contribution in [0.2, 0.25) is 0 Å². The largest absolute Gasteiger partial charge is 0.440 e. The number of nitrogens with zero attached hydrogens (tertiary/aromatic N) is 2. The van der Waals surface area contributed by atoms with Crippen LogP contribution in [0.3, 0.4) is 0 Å². The van der Waals surface area contributed by atoms with Crippen molar-refractivity contribution < 1.29 is 9.53 Å². The molecule has 86 valence electrons. The van der Waals surface area contributed by atoms with Crippen LogP contribution in [0.5, 0.6) is 0 Å². The number of carbonyl (C=O) groups excluding carboxylic acids is 1. The van der Waals surface area contributed by atoms with Crippen molar-refractivity contribution in [1.82, 2.24) is 9.80 Å². The van der Waals surface area contributed by atoms with E-state index in [0.717, 1.165) is 32.5 Å². The Morgan fingerprint density at radius 1 is 1.40 bits per heavy atom. The predicted octanol–water partition coefficient (Wildman–Crippen LogP) is 1.31. The molecule has 0 bridgehead atoms. The minimum Gasteiger partial charge on any atom is -0.440 e. The lowest BCUT2D eigenvalue weighted by Crippen LogP contribution is -2.52. The van der Waals surface area contributed by atoms with E-state index in [1.54, 1.807) is 4.90 Å². The standard InChI is InChI=1S/C11H20N2O2/c1-9(2)13-6-4-5-11(8-13)7-12(3)10(14)15-11/h9H,4-8H2,1-3H3. The molecular weight excluding hydrogens is 192 g/mol. The van der Waals surface area contributed by atoms with Crippen LogP contribution in [-0.2, 0) is 4.74 Å². The molecule has 0 aliphatic carbocycles. The highest BCUT2D eigenvalue weighted by atomic mass is 16.6. The van der Waals surface area contributed by atoms with Crippen LogP contribution in [-0.4, -0.2) is 54.2 Å². The highest BCUT2D eigenvalue weighted by Gasteiger charge is 2.46. The second kappa shape index (κ2) is 3.67. The molecule has 4 heteroatoms. The van der Waals surface area contributed by atoms with E-state index in [-0.39, 0.29) is 11.7 Å². The molecule has 2 aliphatic heterocycles. The summed E-state index contributed by atoms with van der Waals surface area (Å²) in [5.41, 5.74) is -0.228. The van der Waals surface area contributed by atoms with Crippen LogP contribution in [0.25, 0.3) is 0 Å². The third-order valence-electron chi connectivity index (χ3n) is 3.44. The summed E-state index contributed by atoms with van der Waals surface area (Å²) in [4.78, 5) is 15.5. The molecule has 0 aromatic rings. The van der Waals surface area contributed by atoms with E-state index in [1.807, 2.05) is 7.05 Å². The third-order valence-corrected chi connectivity index (χ3v) is 3.44. The molecule has 0 saturated carbocycles. The summed E-state index contributed by atoms with van der Waals surface area (Å²) in [5.74, 6) is 0. The first-order valence-electron chi connectivity index (χ1n) is 5.71. The number of piperidine rings is 1. The SMILES string of the molecule is CC(C)N1CCCC2(CN(C)C(=O)O2)C1. The minimum absolute atomic E-state index is 0.166. The Bertz CT molecular complexity index is 267. The Hall–Kier alpha value is -0.770. The van der Waals surface area contributed by atoms with Gasteiger partial charge in [-0.05, 0) is 33.2 Å². The minimum atomic E-state index is -0.228. The Morgan fingerprint density at radius 2 is 2.13 bits per heavy atom. The fourth-order valence-corrected chi connectivity index (χ4v) is 2.58. The summed E-state index contributed by atoms with van der Waals surface area (Å²) in [6.45, 7) is 7.15. The first-order valence-corrected chi connectivity index (χ1v) is 5.71. The zero-order valence-corrected chi connectivity index (χ0v) is 9.82. The lowest BCUT2D eigenvalue weighted by Gasteiger charge is -2.40. The number of likely N-dealkylation sites (N-methyl/N-ethyl adjacent to an activating group) is 1. The average Bonchev–Trinajstić information content (AvgIpc) is 2.42. The second-order valence-corrected chi connectivity index (χ2v) is 5.07. The number of ether oxygens (including phenoxy) is 1. The second-order valence-electron chi connectivity index (χ2n) is 5.07. The van der Waals surface area contributed by atoms with Gasteiger partial charge in [0.1, 0.15) is 5.60 Å². The van der Waals surface area contributed by atoms with E-state index >= 15 is 0 Å². The number of rotatable bonds is 1. The van der Waals surface area contributed by atoms with Gasteiger partial charge in [0.25, 0.3) is 0 Å². The maximum absolute atomic E-state index is 11.4. The maximum atomic E-state index is 11.4. The molecule has 0 aromatic heterocycles. The van der Waals surface area contributed by atoms with Crippen LogP contribution >= 0.6 is 0 Å². The van der Waals surface area contributed by atoms with Gasteiger partial charge in [-0.3, -0.25) is 4.90 Å². The molecule has 1 unspecified atom stereocenters. The first-order chi connectivity index (χ1) is 7.02. The van der Waals surface area contributed by atoms with Crippen LogP contribution < -0.4 is 0 Å². The van der Waals surface area contributed by atoms with Crippen molar-refractivity contribution in [3.05, 3.63) is 0 Å². The van der Waals surface area contributed by atoms with E-state index in [4.69, 9.17) is 4.74 Å². The highest BCUT2D eigenvalue weighted by molar-refractivity contribution is 5.70. The average molecular weight is 212 g/mol. The van der Waals surface area contributed by atoms with Crippen molar-refractivity contribution >= 4 is 6.09 Å². The Kier molecular flexibility index (Phi) is 2.63. The maximum Gasteiger partial charge on any atom is 0.410 e. The fraction of sp³-hybridized carbons (Fsp3) is 0.909. The van der Waals surface area contributed by atoms with Gasteiger partial charge in [-0.2, -0.15) is 0 Å². The Labute approximate surface area is 91.2 Å². The number of carbonyl (C=O) groups is 1. The first kappa shape index (κ1) is 10.7. The Balaban J connectivity index is 2.06. The number of hydrogen-bond donors (Lipinski definition) is 0. The Morgan fingerprint density at radius 3 is 2.67 bits per heavy atom. The van der Waals surface area contributed by atoms with Gasteiger partial charge in [0, 0.05) is 19.6 Å². The molecule has 4 nitrogen and oxygen atoms in total. The number of likely N-dealkylation sites (tertiary alicyclic amines) is 1. The van der Waals surface area contributed by atoms with Gasteiger partial charge in [-0.25, -0.2) is 4.79 Å². The zero-order valence-electron chi connectivity index (χ0n) is 9.82. The van der Waals surface area contributed by atoms with Gasteiger partial charge in [0.15, 0.2) is 0 Å². The molecule has 2 fully saturated rings.